The minimum Gasteiger partial charge on any atom is -0.454 e. The van der Waals surface area contributed by atoms with Crippen molar-refractivity contribution in [1.29, 1.82) is 0 Å². The van der Waals surface area contributed by atoms with Crippen LogP contribution in [0.5, 0.6) is 0 Å². The highest BCUT2D eigenvalue weighted by Gasteiger charge is 2.49. The molecular weight excluding hydrogens is 252 g/mol. The summed E-state index contributed by atoms with van der Waals surface area (Å²) in [6, 6.07) is 4.55. The lowest BCUT2D eigenvalue weighted by atomic mass is 9.87. The number of alkyl halides is 3. The monoisotopic (exact) mass is 262 g/mol. The molecule has 98 valence electrons. The van der Waals surface area contributed by atoms with Crippen LogP contribution in [0, 0.1) is 5.82 Å². The van der Waals surface area contributed by atoms with Gasteiger partial charge in [0.2, 0.25) is 0 Å². The first-order chi connectivity index (χ1) is 8.31. The van der Waals surface area contributed by atoms with Gasteiger partial charge in [-0.2, -0.15) is 13.2 Å². The van der Waals surface area contributed by atoms with Crippen LogP contribution in [0.1, 0.15) is 24.8 Å². The molecule has 1 atom stereocenters. The summed E-state index contributed by atoms with van der Waals surface area (Å²) in [5, 5.41) is 0. The van der Waals surface area contributed by atoms with Crippen LogP contribution in [0.15, 0.2) is 24.3 Å². The second kappa shape index (κ2) is 4.26. The van der Waals surface area contributed by atoms with Crippen molar-refractivity contribution in [2.24, 2.45) is 0 Å². The third-order valence-electron chi connectivity index (χ3n) is 2.90. The first kappa shape index (κ1) is 12.9. The molecule has 2 rings (SSSR count). The molecule has 0 aliphatic carbocycles. The SMILES string of the molecule is O=C1CC[C@@](CC(F)(F)F)(c2ccc(F)cc2)O1. The summed E-state index contributed by atoms with van der Waals surface area (Å²) in [5.41, 5.74) is -1.53. The van der Waals surface area contributed by atoms with Crippen molar-refractivity contribution in [1.82, 2.24) is 0 Å². The maximum Gasteiger partial charge on any atom is 0.393 e. The van der Waals surface area contributed by atoms with E-state index in [4.69, 9.17) is 4.74 Å². The van der Waals surface area contributed by atoms with Crippen molar-refractivity contribution in [3.8, 4) is 0 Å². The van der Waals surface area contributed by atoms with E-state index in [9.17, 15) is 22.4 Å². The van der Waals surface area contributed by atoms with Gasteiger partial charge in [-0.3, -0.25) is 4.79 Å². The van der Waals surface area contributed by atoms with Gasteiger partial charge in [-0.05, 0) is 17.7 Å². The Kier molecular flexibility index (Phi) is 3.04. The van der Waals surface area contributed by atoms with E-state index in [1.807, 2.05) is 0 Å². The van der Waals surface area contributed by atoms with E-state index in [0.29, 0.717) is 0 Å². The fraction of sp³-hybridized carbons (Fsp3) is 0.417. The highest BCUT2D eigenvalue weighted by atomic mass is 19.4. The quantitative estimate of drug-likeness (QED) is 0.603. The van der Waals surface area contributed by atoms with Gasteiger partial charge in [0.25, 0.3) is 0 Å². The molecule has 1 heterocycles. The number of hydrogen-bond donors (Lipinski definition) is 0. The van der Waals surface area contributed by atoms with Gasteiger partial charge >= 0.3 is 12.1 Å². The molecule has 0 radical (unpaired) electrons. The predicted molar refractivity (Wildman–Crippen MR) is 54.1 cm³/mol. The summed E-state index contributed by atoms with van der Waals surface area (Å²) in [6.07, 6.45) is -5.82. The van der Waals surface area contributed by atoms with Crippen LogP contribution in [0.3, 0.4) is 0 Å². The predicted octanol–water partition coefficient (Wildman–Crippen LogP) is 3.31. The minimum atomic E-state index is -4.46. The molecule has 2 nitrogen and oxygen atoms in total. The van der Waals surface area contributed by atoms with Gasteiger partial charge < -0.3 is 4.74 Å². The Morgan fingerprint density at radius 2 is 1.83 bits per heavy atom. The summed E-state index contributed by atoms with van der Waals surface area (Å²) in [7, 11) is 0. The molecule has 0 amide bonds. The molecule has 1 aliphatic heterocycles. The lowest BCUT2D eigenvalue weighted by Gasteiger charge is -2.29. The standard InChI is InChI=1S/C12H10F4O2/c13-9-3-1-8(2-4-9)11(7-12(14,15)16)6-5-10(17)18-11/h1-4H,5-7H2/t11-/m1/s1. The number of halogens is 4. The van der Waals surface area contributed by atoms with Crippen LogP contribution in [-0.4, -0.2) is 12.1 Å². The number of esters is 1. The second-order valence-electron chi connectivity index (χ2n) is 4.27. The molecule has 1 aromatic rings. The van der Waals surface area contributed by atoms with E-state index in [1.165, 1.54) is 12.1 Å². The number of carbonyl (C=O) groups excluding carboxylic acids is 1. The Balaban J connectivity index is 2.36. The van der Waals surface area contributed by atoms with Crippen molar-refractivity contribution in [2.45, 2.75) is 31.0 Å². The molecule has 0 N–H and O–H groups in total. The molecule has 0 spiro atoms. The van der Waals surface area contributed by atoms with Gasteiger partial charge in [0, 0.05) is 12.8 Å². The van der Waals surface area contributed by atoms with Crippen LogP contribution < -0.4 is 0 Å². The lowest BCUT2D eigenvalue weighted by Crippen LogP contribution is -2.32. The van der Waals surface area contributed by atoms with Crippen LogP contribution in [0.2, 0.25) is 0 Å². The van der Waals surface area contributed by atoms with E-state index >= 15 is 0 Å². The zero-order valence-electron chi connectivity index (χ0n) is 9.26. The van der Waals surface area contributed by atoms with Crippen LogP contribution in [0.4, 0.5) is 17.6 Å². The zero-order chi connectivity index (χ0) is 13.4. The average Bonchev–Trinajstić information content (AvgIpc) is 2.59. The summed E-state index contributed by atoms with van der Waals surface area (Å²) in [5.74, 6) is -1.21. The number of rotatable bonds is 2. The highest BCUT2D eigenvalue weighted by molar-refractivity contribution is 5.72. The Morgan fingerprint density at radius 3 is 2.28 bits per heavy atom. The Hall–Kier alpha value is -1.59. The van der Waals surface area contributed by atoms with Gasteiger partial charge in [-0.1, -0.05) is 12.1 Å². The lowest BCUT2D eigenvalue weighted by molar-refractivity contribution is -0.187. The summed E-state index contributed by atoms with van der Waals surface area (Å²) in [4.78, 5) is 11.1. The minimum absolute atomic E-state index is 0.0447. The fourth-order valence-electron chi connectivity index (χ4n) is 2.13. The van der Waals surface area contributed by atoms with E-state index in [2.05, 4.69) is 0 Å². The fourth-order valence-corrected chi connectivity index (χ4v) is 2.13. The Morgan fingerprint density at radius 1 is 1.22 bits per heavy atom. The normalized spacial score (nSPS) is 24.1. The number of cyclic esters (lactones) is 1. The van der Waals surface area contributed by atoms with Gasteiger partial charge in [0.1, 0.15) is 11.4 Å². The number of carbonyl (C=O) groups is 1. The highest BCUT2D eigenvalue weighted by Crippen LogP contribution is 2.44. The molecule has 6 heteroatoms. The zero-order valence-corrected chi connectivity index (χ0v) is 9.26. The van der Waals surface area contributed by atoms with Gasteiger partial charge in [0.05, 0.1) is 6.42 Å². The van der Waals surface area contributed by atoms with Crippen molar-refractivity contribution >= 4 is 5.97 Å². The summed E-state index contributed by atoms with van der Waals surface area (Å²) < 4.78 is 55.4. The van der Waals surface area contributed by atoms with Gasteiger partial charge in [0.15, 0.2) is 0 Å². The third-order valence-corrected chi connectivity index (χ3v) is 2.90. The molecule has 0 saturated carbocycles. The molecule has 1 aromatic carbocycles. The maximum absolute atomic E-state index is 12.8. The molecule has 0 bridgehead atoms. The number of benzene rings is 1. The van der Waals surface area contributed by atoms with Gasteiger partial charge in [-0.15, -0.1) is 0 Å². The van der Waals surface area contributed by atoms with Crippen LogP contribution in [-0.2, 0) is 15.1 Å². The second-order valence-corrected chi connectivity index (χ2v) is 4.27. The topological polar surface area (TPSA) is 26.3 Å². The van der Waals surface area contributed by atoms with Gasteiger partial charge in [-0.25, -0.2) is 4.39 Å². The summed E-state index contributed by atoms with van der Waals surface area (Å²) in [6.45, 7) is 0. The molecule has 0 aromatic heterocycles. The number of hydrogen-bond acceptors (Lipinski definition) is 2. The first-order valence-corrected chi connectivity index (χ1v) is 5.35. The van der Waals surface area contributed by atoms with Crippen molar-refractivity contribution in [3.05, 3.63) is 35.6 Å². The first-order valence-electron chi connectivity index (χ1n) is 5.35. The van der Waals surface area contributed by atoms with Crippen LogP contribution in [0.25, 0.3) is 0 Å². The molecule has 1 saturated heterocycles. The van der Waals surface area contributed by atoms with E-state index in [-0.39, 0.29) is 18.4 Å². The molecule has 18 heavy (non-hydrogen) atoms. The number of ether oxygens (including phenoxy) is 1. The maximum atomic E-state index is 12.8. The molecule has 0 unspecified atom stereocenters. The smallest absolute Gasteiger partial charge is 0.393 e. The molecular formula is C12H10F4O2. The molecule has 1 aliphatic rings. The van der Waals surface area contributed by atoms with E-state index in [1.54, 1.807) is 0 Å². The van der Waals surface area contributed by atoms with E-state index < -0.39 is 30.0 Å². The third kappa shape index (κ3) is 2.63. The van der Waals surface area contributed by atoms with Crippen molar-refractivity contribution in [3.63, 3.8) is 0 Å². The Bertz CT molecular complexity index is 452. The van der Waals surface area contributed by atoms with Crippen molar-refractivity contribution in [2.75, 3.05) is 0 Å². The largest absolute Gasteiger partial charge is 0.454 e. The van der Waals surface area contributed by atoms with Crippen molar-refractivity contribution < 1.29 is 27.1 Å². The van der Waals surface area contributed by atoms with Crippen LogP contribution >= 0.6 is 0 Å². The molecule has 1 fully saturated rings. The van der Waals surface area contributed by atoms with E-state index in [0.717, 1.165) is 12.1 Å². The Labute approximate surface area is 101 Å². The summed E-state index contributed by atoms with van der Waals surface area (Å²) >= 11 is 0. The average molecular weight is 262 g/mol.